The maximum absolute atomic E-state index is 14.2. The number of carboxylic acid groups (broad SMARTS) is 2. The first-order valence-electron chi connectivity index (χ1n) is 12.1. The Morgan fingerprint density at radius 3 is 2.41 bits per heavy atom. The molecular weight excluding hydrogens is 441 g/mol. The van der Waals surface area contributed by atoms with Crippen molar-refractivity contribution in [3.8, 4) is 0 Å². The molecule has 34 heavy (non-hydrogen) atoms. The van der Waals surface area contributed by atoms with Gasteiger partial charge in [0.15, 0.2) is 11.3 Å². The van der Waals surface area contributed by atoms with Crippen LogP contribution in [0, 0.1) is 5.92 Å². The minimum atomic E-state index is -2.08. The lowest BCUT2D eigenvalue weighted by Gasteiger charge is -2.42. The van der Waals surface area contributed by atoms with Gasteiger partial charge >= 0.3 is 11.9 Å². The van der Waals surface area contributed by atoms with Crippen LogP contribution in [0.5, 0.6) is 0 Å². The molecule has 0 amide bonds. The summed E-state index contributed by atoms with van der Waals surface area (Å²) < 4.78 is 14.2. The molecule has 2 aliphatic rings. The van der Waals surface area contributed by atoms with Crippen LogP contribution in [0.1, 0.15) is 56.9 Å². The second-order valence-corrected chi connectivity index (χ2v) is 9.65. The fourth-order valence-corrected chi connectivity index (χ4v) is 5.91. The molecule has 0 radical (unpaired) electrons. The van der Waals surface area contributed by atoms with E-state index in [-0.39, 0.29) is 44.2 Å². The number of fused-ring (bicyclic) bond motifs is 1. The Morgan fingerprint density at radius 1 is 1.12 bits per heavy atom. The standard InChI is InChI=1S/C25H36FN3O5/c26-18(12-13-27)14-19(28)22(30)25(24(33)34)15-17-8-4-5-9-20(17)29(25)21(23(31)32)11-10-16-6-2-1-3-7-16/h1-3,6-7,17-21H,4-5,8-15,27-28H2,(H,31,32)(H,33,34)/t17?,18?,19-,20?,21-,25?/m0/s1. The Morgan fingerprint density at radius 2 is 1.79 bits per heavy atom. The van der Waals surface area contributed by atoms with Crippen LogP contribution in [0.3, 0.4) is 0 Å². The highest BCUT2D eigenvalue weighted by molar-refractivity contribution is 6.11. The monoisotopic (exact) mass is 477 g/mol. The number of ketones is 1. The molecule has 1 saturated heterocycles. The number of halogens is 1. The van der Waals surface area contributed by atoms with E-state index >= 15 is 0 Å². The van der Waals surface area contributed by atoms with Crippen molar-refractivity contribution in [3.63, 3.8) is 0 Å². The average Bonchev–Trinajstić information content (AvgIpc) is 3.15. The summed E-state index contributed by atoms with van der Waals surface area (Å²) in [5.41, 5.74) is 10.3. The SMILES string of the molecule is NCCC(F)C[C@H](N)C(=O)C1(C(=O)O)CC2CCCCC2N1[C@@H](CCc1ccccc1)C(=O)O. The highest BCUT2D eigenvalue weighted by atomic mass is 19.1. The number of rotatable bonds is 12. The Balaban J connectivity index is 1.98. The first-order valence-corrected chi connectivity index (χ1v) is 12.1. The smallest absolute Gasteiger partial charge is 0.332 e. The van der Waals surface area contributed by atoms with Crippen LogP contribution in [0.15, 0.2) is 30.3 Å². The molecule has 1 aromatic rings. The van der Waals surface area contributed by atoms with Crippen molar-refractivity contribution in [2.75, 3.05) is 6.54 Å². The Kier molecular flexibility index (Phi) is 8.78. The van der Waals surface area contributed by atoms with Crippen molar-refractivity contribution in [1.29, 1.82) is 0 Å². The van der Waals surface area contributed by atoms with E-state index in [0.717, 1.165) is 24.8 Å². The van der Waals surface area contributed by atoms with Crippen LogP contribution >= 0.6 is 0 Å². The zero-order chi connectivity index (χ0) is 24.9. The molecule has 3 rings (SSSR count). The minimum absolute atomic E-state index is 0.00247. The van der Waals surface area contributed by atoms with Crippen molar-refractivity contribution >= 4 is 17.7 Å². The predicted molar refractivity (Wildman–Crippen MR) is 125 cm³/mol. The van der Waals surface area contributed by atoms with E-state index in [0.29, 0.717) is 12.8 Å². The van der Waals surface area contributed by atoms with Gasteiger partial charge in [-0.25, -0.2) is 9.18 Å². The van der Waals surface area contributed by atoms with Crippen LogP contribution in [0.25, 0.3) is 0 Å². The Hall–Kier alpha value is -2.36. The molecule has 188 valence electrons. The summed E-state index contributed by atoms with van der Waals surface area (Å²) in [6.07, 6.45) is 1.91. The predicted octanol–water partition coefficient (Wildman–Crippen LogP) is 2.13. The summed E-state index contributed by atoms with van der Waals surface area (Å²) in [7, 11) is 0. The van der Waals surface area contributed by atoms with Gasteiger partial charge in [-0.05, 0) is 56.6 Å². The normalized spacial score (nSPS) is 27.5. The number of nitrogens with two attached hydrogens (primary N) is 2. The Bertz CT molecular complexity index is 869. The van der Waals surface area contributed by atoms with Crippen LogP contribution in [0.4, 0.5) is 4.39 Å². The molecule has 2 fully saturated rings. The van der Waals surface area contributed by atoms with Crippen LogP contribution in [-0.4, -0.2) is 69.2 Å². The molecule has 0 aromatic heterocycles. The van der Waals surface area contributed by atoms with Gasteiger partial charge in [-0.15, -0.1) is 0 Å². The van der Waals surface area contributed by atoms with Crippen LogP contribution in [-0.2, 0) is 20.8 Å². The van der Waals surface area contributed by atoms with Gasteiger partial charge in [0, 0.05) is 12.5 Å². The number of carbonyl (C=O) groups is 3. The molecule has 6 N–H and O–H groups in total. The lowest BCUT2D eigenvalue weighted by molar-refractivity contribution is -0.164. The van der Waals surface area contributed by atoms with Gasteiger partial charge in [-0.1, -0.05) is 43.2 Å². The number of likely N-dealkylation sites (tertiary alicyclic amines) is 1. The fourth-order valence-electron chi connectivity index (χ4n) is 5.91. The van der Waals surface area contributed by atoms with Crippen molar-refractivity contribution in [1.82, 2.24) is 4.90 Å². The van der Waals surface area contributed by atoms with E-state index in [1.807, 2.05) is 30.3 Å². The fraction of sp³-hybridized carbons (Fsp3) is 0.640. The van der Waals surface area contributed by atoms with Gasteiger partial charge in [-0.2, -0.15) is 0 Å². The van der Waals surface area contributed by atoms with Gasteiger partial charge in [0.05, 0.1) is 6.04 Å². The number of hydrogen-bond donors (Lipinski definition) is 4. The number of Topliss-reactive ketones (excluding diaryl/α,β-unsaturated/α-hetero) is 1. The molecule has 6 atom stereocenters. The summed E-state index contributed by atoms with van der Waals surface area (Å²) >= 11 is 0. The Labute approximate surface area is 199 Å². The number of alkyl halides is 1. The zero-order valence-electron chi connectivity index (χ0n) is 19.4. The summed E-state index contributed by atoms with van der Waals surface area (Å²) in [6.45, 7) is 0.0863. The summed E-state index contributed by atoms with van der Waals surface area (Å²) in [4.78, 5) is 40.4. The van der Waals surface area contributed by atoms with Crippen LogP contribution in [0.2, 0.25) is 0 Å². The van der Waals surface area contributed by atoms with Gasteiger partial charge in [0.2, 0.25) is 0 Å². The second-order valence-electron chi connectivity index (χ2n) is 9.65. The van der Waals surface area contributed by atoms with E-state index in [4.69, 9.17) is 11.5 Å². The van der Waals surface area contributed by atoms with E-state index in [9.17, 15) is 29.0 Å². The lowest BCUT2D eigenvalue weighted by Crippen LogP contribution is -2.66. The number of aryl methyl sites for hydroxylation is 1. The largest absolute Gasteiger partial charge is 0.480 e. The average molecular weight is 478 g/mol. The molecule has 8 nitrogen and oxygen atoms in total. The summed E-state index contributed by atoms with van der Waals surface area (Å²) in [5, 5.41) is 20.6. The molecule has 1 saturated carbocycles. The minimum Gasteiger partial charge on any atom is -0.480 e. The highest BCUT2D eigenvalue weighted by Gasteiger charge is 2.64. The van der Waals surface area contributed by atoms with E-state index in [1.54, 1.807) is 0 Å². The van der Waals surface area contributed by atoms with E-state index in [2.05, 4.69) is 0 Å². The topological polar surface area (TPSA) is 147 Å². The van der Waals surface area contributed by atoms with Gasteiger partial charge in [-0.3, -0.25) is 14.5 Å². The van der Waals surface area contributed by atoms with E-state index in [1.165, 1.54) is 4.90 Å². The molecule has 1 aliphatic heterocycles. The third kappa shape index (κ3) is 5.31. The number of carbonyl (C=O) groups excluding carboxylic acids is 1. The molecule has 0 bridgehead atoms. The quantitative estimate of drug-likeness (QED) is 0.335. The molecular formula is C25H36FN3O5. The highest BCUT2D eigenvalue weighted by Crippen LogP contribution is 2.48. The maximum Gasteiger partial charge on any atom is 0.332 e. The van der Waals surface area contributed by atoms with Crippen molar-refractivity contribution < 1.29 is 29.0 Å². The summed E-state index contributed by atoms with van der Waals surface area (Å²) in [6, 6.07) is 6.47. The number of hydrogen-bond acceptors (Lipinski definition) is 6. The third-order valence-electron chi connectivity index (χ3n) is 7.48. The van der Waals surface area contributed by atoms with Gasteiger partial charge in [0.1, 0.15) is 12.2 Å². The molecule has 1 aliphatic carbocycles. The first-order chi connectivity index (χ1) is 16.2. The van der Waals surface area contributed by atoms with Gasteiger partial charge < -0.3 is 21.7 Å². The molecule has 9 heteroatoms. The summed E-state index contributed by atoms with van der Waals surface area (Å²) in [5.74, 6) is -3.49. The first kappa shape index (κ1) is 26.2. The zero-order valence-corrected chi connectivity index (χ0v) is 19.4. The number of aliphatic carboxylic acids is 2. The second kappa shape index (κ2) is 11.4. The van der Waals surface area contributed by atoms with Crippen LogP contribution < -0.4 is 11.5 Å². The van der Waals surface area contributed by atoms with Crippen molar-refractivity contribution in [3.05, 3.63) is 35.9 Å². The van der Waals surface area contributed by atoms with Crippen molar-refractivity contribution in [2.24, 2.45) is 17.4 Å². The molecule has 1 heterocycles. The van der Waals surface area contributed by atoms with Gasteiger partial charge in [0.25, 0.3) is 0 Å². The lowest BCUT2D eigenvalue weighted by atomic mass is 9.79. The number of carboxylic acids is 2. The third-order valence-corrected chi connectivity index (χ3v) is 7.48. The maximum atomic E-state index is 14.2. The molecule has 4 unspecified atom stereocenters. The molecule has 0 spiro atoms. The van der Waals surface area contributed by atoms with Crippen molar-refractivity contribution in [2.45, 2.75) is 87.6 Å². The molecule has 1 aromatic carbocycles. The number of nitrogens with zero attached hydrogens (tertiary/aromatic N) is 1. The van der Waals surface area contributed by atoms with E-state index < -0.39 is 41.5 Å². The number of benzene rings is 1.